The Bertz CT molecular complexity index is 591. The Morgan fingerprint density at radius 1 is 1.08 bits per heavy atom. The zero-order valence-corrected chi connectivity index (χ0v) is 17.0. The van der Waals surface area contributed by atoms with Crippen LogP contribution in [0.3, 0.4) is 0 Å². The smallest absolute Gasteiger partial charge is 0.241 e. The second kappa shape index (κ2) is 12.9. The molecule has 1 aromatic rings. The van der Waals surface area contributed by atoms with Crippen LogP contribution >= 0.6 is 34.8 Å². The van der Waals surface area contributed by atoms with Gasteiger partial charge in [0.15, 0.2) is 11.7 Å². The highest BCUT2D eigenvalue weighted by atomic mass is 35.5. The minimum atomic E-state index is -0.185. The number of hydrogen-bond donors (Lipinski definition) is 3. The van der Waals surface area contributed by atoms with Crippen LogP contribution in [0, 0.1) is 0 Å². The topological polar surface area (TPSA) is 84.0 Å². The van der Waals surface area contributed by atoms with Crippen LogP contribution in [0.2, 0.25) is 15.1 Å². The molecular weight excluding hydrogens is 403 g/mol. The van der Waals surface area contributed by atoms with Crippen LogP contribution in [-0.2, 0) is 9.53 Å². The van der Waals surface area contributed by atoms with Gasteiger partial charge in [0.25, 0.3) is 0 Å². The molecule has 26 heavy (non-hydrogen) atoms. The van der Waals surface area contributed by atoms with Crippen molar-refractivity contribution in [2.24, 2.45) is 4.99 Å². The summed E-state index contributed by atoms with van der Waals surface area (Å²) in [4.78, 5) is 15.8. The van der Waals surface area contributed by atoms with E-state index in [0.717, 1.165) is 0 Å². The van der Waals surface area contributed by atoms with Gasteiger partial charge in [0.1, 0.15) is 13.2 Å². The Hall–Kier alpha value is -1.41. The van der Waals surface area contributed by atoms with E-state index in [0.29, 0.717) is 59.6 Å². The zero-order chi connectivity index (χ0) is 19.4. The standard InChI is InChI=1S/C16H23Cl3N4O3/c1-3-20-16(23-10-14(24)21-4-6-25-2)22-5-7-26-15-12(18)8-11(17)9-13(15)19/h8-9H,3-7,10H2,1-2H3,(H,21,24)(H2,20,22,23). The van der Waals surface area contributed by atoms with E-state index in [1.54, 1.807) is 19.2 Å². The van der Waals surface area contributed by atoms with Gasteiger partial charge in [-0.2, -0.15) is 0 Å². The third-order valence-corrected chi connectivity index (χ3v) is 3.74. The molecule has 0 heterocycles. The van der Waals surface area contributed by atoms with Gasteiger partial charge < -0.3 is 25.4 Å². The third kappa shape index (κ3) is 8.80. The minimum Gasteiger partial charge on any atom is -0.489 e. The van der Waals surface area contributed by atoms with Crippen molar-refractivity contribution in [2.45, 2.75) is 6.92 Å². The average Bonchev–Trinajstić information content (AvgIpc) is 2.58. The summed E-state index contributed by atoms with van der Waals surface area (Å²) < 4.78 is 10.4. The first kappa shape index (κ1) is 22.6. The maximum absolute atomic E-state index is 11.6. The van der Waals surface area contributed by atoms with Gasteiger partial charge >= 0.3 is 0 Å². The van der Waals surface area contributed by atoms with Gasteiger partial charge in [-0.3, -0.25) is 4.79 Å². The van der Waals surface area contributed by atoms with Crippen molar-refractivity contribution in [3.8, 4) is 5.75 Å². The average molecular weight is 426 g/mol. The summed E-state index contributed by atoms with van der Waals surface area (Å²) in [6.07, 6.45) is 0. The first-order valence-electron chi connectivity index (χ1n) is 8.03. The van der Waals surface area contributed by atoms with E-state index in [1.807, 2.05) is 6.92 Å². The van der Waals surface area contributed by atoms with Crippen molar-refractivity contribution in [3.05, 3.63) is 27.2 Å². The Morgan fingerprint density at radius 2 is 1.73 bits per heavy atom. The SMILES string of the molecule is CCNC(=NCC(=O)NCCOC)NCCOc1c(Cl)cc(Cl)cc1Cl. The second-order valence-electron chi connectivity index (χ2n) is 5.01. The number of nitrogens with zero attached hydrogens (tertiary/aromatic N) is 1. The fourth-order valence-corrected chi connectivity index (χ4v) is 2.76. The lowest BCUT2D eigenvalue weighted by molar-refractivity contribution is -0.119. The van der Waals surface area contributed by atoms with Crippen LogP contribution < -0.4 is 20.7 Å². The van der Waals surface area contributed by atoms with Crippen LogP contribution in [-0.4, -0.2) is 58.4 Å². The van der Waals surface area contributed by atoms with Crippen molar-refractivity contribution in [2.75, 3.05) is 46.5 Å². The van der Waals surface area contributed by atoms with Crippen LogP contribution in [0.5, 0.6) is 5.75 Å². The summed E-state index contributed by atoms with van der Waals surface area (Å²) in [5.74, 6) is 0.695. The summed E-state index contributed by atoms with van der Waals surface area (Å²) in [6.45, 7) is 4.24. The molecule has 0 atom stereocenters. The number of nitrogens with one attached hydrogen (secondary N) is 3. The molecule has 3 N–H and O–H groups in total. The molecule has 1 rings (SSSR count). The minimum absolute atomic E-state index is 0.00868. The Balaban J connectivity index is 2.44. The first-order chi connectivity index (χ1) is 12.5. The highest BCUT2D eigenvalue weighted by molar-refractivity contribution is 6.40. The normalized spacial score (nSPS) is 11.2. The zero-order valence-electron chi connectivity index (χ0n) is 14.7. The van der Waals surface area contributed by atoms with E-state index in [4.69, 9.17) is 44.3 Å². The molecule has 0 saturated carbocycles. The molecule has 0 aliphatic carbocycles. The fraction of sp³-hybridized carbons (Fsp3) is 0.500. The number of hydrogen-bond acceptors (Lipinski definition) is 4. The molecule has 10 heteroatoms. The molecule has 0 bridgehead atoms. The van der Waals surface area contributed by atoms with Crippen LogP contribution in [0.15, 0.2) is 17.1 Å². The molecule has 0 fully saturated rings. The maximum atomic E-state index is 11.6. The lowest BCUT2D eigenvalue weighted by atomic mass is 10.3. The number of ether oxygens (including phenoxy) is 2. The van der Waals surface area contributed by atoms with Crippen molar-refractivity contribution in [1.29, 1.82) is 0 Å². The van der Waals surface area contributed by atoms with Gasteiger partial charge in [0.05, 0.1) is 23.2 Å². The number of carbonyl (C=O) groups excluding carboxylic acids is 1. The van der Waals surface area contributed by atoms with Crippen molar-refractivity contribution < 1.29 is 14.3 Å². The number of rotatable bonds is 10. The molecule has 0 spiro atoms. The quantitative estimate of drug-likeness (QED) is 0.304. The molecule has 1 amide bonds. The van der Waals surface area contributed by atoms with Gasteiger partial charge in [0.2, 0.25) is 5.91 Å². The lowest BCUT2D eigenvalue weighted by Gasteiger charge is -2.13. The van der Waals surface area contributed by atoms with Gasteiger partial charge in [-0.1, -0.05) is 34.8 Å². The van der Waals surface area contributed by atoms with E-state index < -0.39 is 0 Å². The molecule has 0 aromatic heterocycles. The van der Waals surface area contributed by atoms with E-state index in [9.17, 15) is 4.79 Å². The highest BCUT2D eigenvalue weighted by Gasteiger charge is 2.09. The molecule has 0 aliphatic rings. The van der Waals surface area contributed by atoms with E-state index in [1.165, 1.54) is 0 Å². The van der Waals surface area contributed by atoms with Gasteiger partial charge in [-0.15, -0.1) is 0 Å². The summed E-state index contributed by atoms with van der Waals surface area (Å²) in [5, 5.41) is 9.93. The molecule has 0 unspecified atom stereocenters. The number of guanidine groups is 1. The van der Waals surface area contributed by atoms with E-state index in [-0.39, 0.29) is 12.5 Å². The molecule has 7 nitrogen and oxygen atoms in total. The number of halogens is 3. The van der Waals surface area contributed by atoms with Crippen LogP contribution in [0.1, 0.15) is 6.92 Å². The number of aliphatic imine (C=N–C) groups is 1. The Labute approximate surface area is 168 Å². The molecule has 0 aliphatic heterocycles. The fourth-order valence-electron chi connectivity index (χ4n) is 1.83. The predicted octanol–water partition coefficient (Wildman–Crippen LogP) is 2.34. The molecule has 0 saturated heterocycles. The summed E-state index contributed by atoms with van der Waals surface area (Å²) in [5.41, 5.74) is 0. The molecular formula is C16H23Cl3N4O3. The maximum Gasteiger partial charge on any atom is 0.241 e. The van der Waals surface area contributed by atoms with Gasteiger partial charge in [-0.05, 0) is 19.1 Å². The first-order valence-corrected chi connectivity index (χ1v) is 9.16. The van der Waals surface area contributed by atoms with Crippen molar-refractivity contribution >= 4 is 46.7 Å². The molecule has 1 aromatic carbocycles. The number of methoxy groups -OCH3 is 1. The third-order valence-electron chi connectivity index (χ3n) is 2.96. The predicted molar refractivity (Wildman–Crippen MR) is 106 cm³/mol. The van der Waals surface area contributed by atoms with E-state index >= 15 is 0 Å². The lowest BCUT2D eigenvalue weighted by Crippen LogP contribution is -2.40. The van der Waals surface area contributed by atoms with Gasteiger partial charge in [0, 0.05) is 25.2 Å². The highest BCUT2D eigenvalue weighted by Crippen LogP contribution is 2.35. The Morgan fingerprint density at radius 3 is 2.35 bits per heavy atom. The number of benzene rings is 1. The largest absolute Gasteiger partial charge is 0.489 e. The summed E-state index contributed by atoms with van der Waals surface area (Å²) in [6, 6.07) is 3.12. The van der Waals surface area contributed by atoms with Crippen molar-refractivity contribution in [3.63, 3.8) is 0 Å². The van der Waals surface area contributed by atoms with Crippen LogP contribution in [0.25, 0.3) is 0 Å². The summed E-state index contributed by atoms with van der Waals surface area (Å²) >= 11 is 18.0. The second-order valence-corrected chi connectivity index (χ2v) is 6.26. The van der Waals surface area contributed by atoms with Crippen LogP contribution in [0.4, 0.5) is 0 Å². The Kier molecular flexibility index (Phi) is 11.2. The molecule has 0 radical (unpaired) electrons. The molecule has 146 valence electrons. The van der Waals surface area contributed by atoms with Gasteiger partial charge in [-0.25, -0.2) is 4.99 Å². The van der Waals surface area contributed by atoms with Crippen molar-refractivity contribution in [1.82, 2.24) is 16.0 Å². The summed E-state index contributed by atoms with van der Waals surface area (Å²) in [7, 11) is 1.57. The number of carbonyl (C=O) groups is 1. The monoisotopic (exact) mass is 424 g/mol. The van der Waals surface area contributed by atoms with E-state index in [2.05, 4.69) is 20.9 Å². The number of amides is 1.